The van der Waals surface area contributed by atoms with Gasteiger partial charge in [0.2, 0.25) is 0 Å². The number of carbonyl (C=O) groups is 3. The zero-order chi connectivity index (χ0) is 33.9. The second-order valence-corrected chi connectivity index (χ2v) is 12.1. The molecule has 0 spiro atoms. The summed E-state index contributed by atoms with van der Waals surface area (Å²) in [6.07, 6.45) is -0.614. The van der Waals surface area contributed by atoms with Crippen LogP contribution >= 0.6 is 11.8 Å². The van der Waals surface area contributed by atoms with E-state index in [1.165, 1.54) is 11.8 Å². The van der Waals surface area contributed by atoms with E-state index in [0.29, 0.717) is 17.1 Å². The Bertz CT molecular complexity index is 1700. The minimum Gasteiger partial charge on any atom is -0.478 e. The number of urea groups is 1. The Labute approximate surface area is 283 Å². The number of amides is 2. The molecule has 3 atom stereocenters. The molecular formula is C37H38N2O8S. The van der Waals surface area contributed by atoms with Crippen molar-refractivity contribution in [2.45, 2.75) is 49.9 Å². The second kappa shape index (κ2) is 16.9. The SMILES string of the molecule is CCOC(=O)CNC(=O)NCc1ccccc1-c1ccc([C@@H]2O[C@H](CSc3ccccc3C(=O)O)C[C@H](c3ccc(CO)cc3)O2)cc1. The third kappa shape index (κ3) is 9.23. The number of esters is 1. The van der Waals surface area contributed by atoms with Gasteiger partial charge in [0, 0.05) is 29.2 Å². The van der Waals surface area contributed by atoms with Crippen LogP contribution in [0.1, 0.15) is 58.4 Å². The summed E-state index contributed by atoms with van der Waals surface area (Å²) in [6, 6.07) is 29.7. The van der Waals surface area contributed by atoms with E-state index in [0.717, 1.165) is 33.4 Å². The van der Waals surface area contributed by atoms with Crippen molar-refractivity contribution in [3.05, 3.63) is 125 Å². The number of aromatic carboxylic acids is 1. The van der Waals surface area contributed by atoms with Crippen LogP contribution in [0.3, 0.4) is 0 Å². The van der Waals surface area contributed by atoms with Crippen molar-refractivity contribution in [3.8, 4) is 11.1 Å². The minimum absolute atomic E-state index is 0.0476. The van der Waals surface area contributed by atoms with Crippen LogP contribution in [0.5, 0.6) is 0 Å². The van der Waals surface area contributed by atoms with Gasteiger partial charge in [0.25, 0.3) is 0 Å². The maximum atomic E-state index is 12.3. The van der Waals surface area contributed by atoms with Gasteiger partial charge in [-0.25, -0.2) is 9.59 Å². The van der Waals surface area contributed by atoms with E-state index in [9.17, 15) is 24.6 Å². The molecule has 0 unspecified atom stereocenters. The Morgan fingerprint density at radius 2 is 1.58 bits per heavy atom. The molecule has 11 heteroatoms. The molecule has 1 saturated heterocycles. The van der Waals surface area contributed by atoms with E-state index in [1.807, 2.05) is 78.9 Å². The van der Waals surface area contributed by atoms with E-state index >= 15 is 0 Å². The number of benzene rings is 4. The number of carboxylic acids is 1. The van der Waals surface area contributed by atoms with Gasteiger partial charge in [-0.15, -0.1) is 11.8 Å². The smallest absolute Gasteiger partial charge is 0.336 e. The Kier molecular flexibility index (Phi) is 12.2. The summed E-state index contributed by atoms with van der Waals surface area (Å²) in [5.41, 5.74) is 5.62. The number of rotatable bonds is 13. The van der Waals surface area contributed by atoms with Gasteiger partial charge < -0.3 is 35.1 Å². The lowest BCUT2D eigenvalue weighted by Crippen LogP contribution is -2.38. The normalized spacial score (nSPS) is 17.3. The van der Waals surface area contributed by atoms with Gasteiger partial charge in [-0.2, -0.15) is 0 Å². The van der Waals surface area contributed by atoms with E-state index in [2.05, 4.69) is 10.6 Å². The van der Waals surface area contributed by atoms with Gasteiger partial charge in [0.05, 0.1) is 31.0 Å². The van der Waals surface area contributed by atoms with Crippen LogP contribution < -0.4 is 10.6 Å². The summed E-state index contributed by atoms with van der Waals surface area (Å²) in [4.78, 5) is 36.2. The van der Waals surface area contributed by atoms with Crippen molar-refractivity contribution < 1.29 is 38.8 Å². The van der Waals surface area contributed by atoms with Crippen LogP contribution in [-0.4, -0.2) is 53.2 Å². The highest BCUT2D eigenvalue weighted by Crippen LogP contribution is 2.40. The van der Waals surface area contributed by atoms with Crippen molar-refractivity contribution in [2.24, 2.45) is 0 Å². The van der Waals surface area contributed by atoms with Crippen LogP contribution in [0.4, 0.5) is 4.79 Å². The van der Waals surface area contributed by atoms with Gasteiger partial charge in [-0.3, -0.25) is 4.79 Å². The number of carbonyl (C=O) groups excluding carboxylic acids is 2. The van der Waals surface area contributed by atoms with Crippen LogP contribution in [0.2, 0.25) is 0 Å². The molecule has 1 heterocycles. The first-order valence-corrected chi connectivity index (χ1v) is 16.6. The van der Waals surface area contributed by atoms with Crippen molar-refractivity contribution in [1.82, 2.24) is 10.6 Å². The molecule has 5 rings (SSSR count). The largest absolute Gasteiger partial charge is 0.478 e. The molecular weight excluding hydrogens is 632 g/mol. The van der Waals surface area contributed by atoms with Crippen molar-refractivity contribution >= 4 is 29.7 Å². The third-order valence-corrected chi connectivity index (χ3v) is 9.01. The maximum Gasteiger partial charge on any atom is 0.336 e. The monoisotopic (exact) mass is 670 g/mol. The highest BCUT2D eigenvalue weighted by molar-refractivity contribution is 7.99. The number of ether oxygens (including phenoxy) is 3. The van der Waals surface area contributed by atoms with Gasteiger partial charge in [0.15, 0.2) is 6.29 Å². The molecule has 4 aromatic rings. The predicted octanol–water partition coefficient (Wildman–Crippen LogP) is 6.24. The molecule has 48 heavy (non-hydrogen) atoms. The zero-order valence-electron chi connectivity index (χ0n) is 26.5. The number of hydrogen-bond donors (Lipinski definition) is 4. The van der Waals surface area contributed by atoms with Gasteiger partial charge >= 0.3 is 18.0 Å². The van der Waals surface area contributed by atoms with E-state index in [-0.39, 0.29) is 44.1 Å². The number of carboxylic acid groups (broad SMARTS) is 1. The molecule has 0 aliphatic carbocycles. The number of hydrogen-bond acceptors (Lipinski definition) is 8. The van der Waals surface area contributed by atoms with Crippen LogP contribution in [0, 0.1) is 0 Å². The average molecular weight is 671 g/mol. The molecule has 0 bridgehead atoms. The van der Waals surface area contributed by atoms with Gasteiger partial charge in [-0.1, -0.05) is 84.9 Å². The highest BCUT2D eigenvalue weighted by Gasteiger charge is 2.32. The second-order valence-electron chi connectivity index (χ2n) is 11.1. The maximum absolute atomic E-state index is 12.3. The lowest BCUT2D eigenvalue weighted by Gasteiger charge is -2.36. The summed E-state index contributed by atoms with van der Waals surface area (Å²) < 4.78 is 17.8. The van der Waals surface area contributed by atoms with Gasteiger partial charge in [0.1, 0.15) is 6.54 Å². The standard InChI is InChI=1S/C37H38N2O8S/c1-2-45-34(41)21-39-37(44)38-20-28-7-3-4-8-30(28)25-15-17-27(18-16-25)36-46-29(23-48-33-10-6-5-9-31(33)35(42)43)19-32(47-36)26-13-11-24(22-40)12-14-26/h3-18,29,32,36,40H,2,19-23H2,1H3,(H,42,43)(H2,38,39,44)/t29-,32+,36+/m0/s1. The first-order chi connectivity index (χ1) is 23.3. The molecule has 0 saturated carbocycles. The fraction of sp³-hybridized carbons (Fsp3) is 0.270. The highest BCUT2D eigenvalue weighted by atomic mass is 32.2. The van der Waals surface area contributed by atoms with Crippen LogP contribution in [0.15, 0.2) is 102 Å². The molecule has 1 aliphatic heterocycles. The Balaban J connectivity index is 1.30. The first-order valence-electron chi connectivity index (χ1n) is 15.7. The molecule has 0 radical (unpaired) electrons. The van der Waals surface area contributed by atoms with Crippen molar-refractivity contribution in [1.29, 1.82) is 0 Å². The van der Waals surface area contributed by atoms with Crippen molar-refractivity contribution in [2.75, 3.05) is 18.9 Å². The fourth-order valence-corrected chi connectivity index (χ4v) is 6.42. The minimum atomic E-state index is -0.972. The van der Waals surface area contributed by atoms with E-state index < -0.39 is 24.3 Å². The first kappa shape index (κ1) is 34.6. The topological polar surface area (TPSA) is 143 Å². The fourth-order valence-electron chi connectivity index (χ4n) is 5.35. The molecule has 0 aromatic heterocycles. The number of aliphatic hydroxyl groups excluding tert-OH is 1. The molecule has 250 valence electrons. The summed E-state index contributed by atoms with van der Waals surface area (Å²) in [5.74, 6) is -0.944. The molecule has 1 fully saturated rings. The quantitative estimate of drug-likeness (QED) is 0.0960. The van der Waals surface area contributed by atoms with Crippen LogP contribution in [0.25, 0.3) is 11.1 Å². The average Bonchev–Trinajstić information content (AvgIpc) is 3.12. The predicted molar refractivity (Wildman–Crippen MR) is 181 cm³/mol. The summed E-state index contributed by atoms with van der Waals surface area (Å²) in [6.45, 7) is 1.94. The van der Waals surface area contributed by atoms with Crippen LogP contribution in [-0.2, 0) is 32.2 Å². The van der Waals surface area contributed by atoms with E-state index in [1.54, 1.807) is 25.1 Å². The summed E-state index contributed by atoms with van der Waals surface area (Å²) >= 11 is 1.45. The molecule has 10 nitrogen and oxygen atoms in total. The number of nitrogens with one attached hydrogen (secondary N) is 2. The summed E-state index contributed by atoms with van der Waals surface area (Å²) in [7, 11) is 0. The summed E-state index contributed by atoms with van der Waals surface area (Å²) in [5, 5.41) is 24.4. The molecule has 1 aliphatic rings. The lowest BCUT2D eigenvalue weighted by atomic mass is 9.98. The molecule has 4 N–H and O–H groups in total. The molecule has 4 aromatic carbocycles. The Morgan fingerprint density at radius 3 is 2.31 bits per heavy atom. The lowest BCUT2D eigenvalue weighted by molar-refractivity contribution is -0.245. The Morgan fingerprint density at radius 1 is 0.875 bits per heavy atom. The molecule has 2 amide bonds. The van der Waals surface area contributed by atoms with Crippen molar-refractivity contribution in [3.63, 3.8) is 0 Å². The third-order valence-electron chi connectivity index (χ3n) is 7.81. The number of thioether (sulfide) groups is 1. The van der Waals surface area contributed by atoms with Gasteiger partial charge in [-0.05, 0) is 46.9 Å². The number of aliphatic hydroxyl groups is 1. The van der Waals surface area contributed by atoms with E-state index in [4.69, 9.17) is 14.2 Å². The zero-order valence-corrected chi connectivity index (χ0v) is 27.3. The Hall–Kier alpha value is -4.68.